The van der Waals surface area contributed by atoms with Crippen LogP contribution in [0, 0.1) is 5.41 Å². The highest BCUT2D eigenvalue weighted by Gasteiger charge is 2.59. The normalized spacial score (nSPS) is 43.1. The lowest BCUT2D eigenvalue weighted by molar-refractivity contribution is -0.171. The number of morpholine rings is 1. The van der Waals surface area contributed by atoms with E-state index in [1.807, 2.05) is 0 Å². The zero-order valence-corrected chi connectivity index (χ0v) is 13.9. The third-order valence-electron chi connectivity index (χ3n) is 6.34. The molecule has 0 bridgehead atoms. The van der Waals surface area contributed by atoms with Gasteiger partial charge in [-0.15, -0.1) is 0 Å². The Labute approximate surface area is 129 Å². The van der Waals surface area contributed by atoms with E-state index in [0.717, 1.165) is 32.7 Å². The molecule has 4 heteroatoms. The standard InChI is InChI=1S/C17H32N2O2/c1-4-20-15-11-17(18,16(15,2)3)12-19-9-10-21-14-8-6-5-7-13(14)19/h13-15H,4-12,18H2,1-3H3. The van der Waals surface area contributed by atoms with E-state index in [4.69, 9.17) is 15.2 Å². The van der Waals surface area contributed by atoms with Crippen molar-refractivity contribution in [3.05, 3.63) is 0 Å². The maximum absolute atomic E-state index is 6.79. The molecule has 3 aliphatic rings. The monoisotopic (exact) mass is 296 g/mol. The molecule has 0 aromatic rings. The van der Waals surface area contributed by atoms with Gasteiger partial charge in [-0.1, -0.05) is 26.7 Å². The van der Waals surface area contributed by atoms with E-state index in [1.54, 1.807) is 0 Å². The van der Waals surface area contributed by atoms with E-state index in [0.29, 0.717) is 18.2 Å². The van der Waals surface area contributed by atoms with Gasteiger partial charge in [-0.25, -0.2) is 0 Å². The zero-order chi connectivity index (χ0) is 15.1. The molecular weight excluding hydrogens is 264 g/mol. The average Bonchev–Trinajstić information content (AvgIpc) is 2.47. The third-order valence-corrected chi connectivity index (χ3v) is 6.34. The van der Waals surface area contributed by atoms with Gasteiger partial charge in [-0.05, 0) is 26.2 Å². The lowest BCUT2D eigenvalue weighted by Crippen LogP contribution is -2.75. The van der Waals surface area contributed by atoms with Crippen molar-refractivity contribution in [3.8, 4) is 0 Å². The van der Waals surface area contributed by atoms with E-state index in [-0.39, 0.29) is 11.0 Å². The molecule has 1 heterocycles. The number of rotatable bonds is 4. The first-order valence-electron chi connectivity index (χ1n) is 8.74. The van der Waals surface area contributed by atoms with Crippen molar-refractivity contribution in [2.24, 2.45) is 11.1 Å². The fraction of sp³-hybridized carbons (Fsp3) is 1.00. The van der Waals surface area contributed by atoms with Crippen LogP contribution in [0.2, 0.25) is 0 Å². The zero-order valence-electron chi connectivity index (χ0n) is 13.9. The van der Waals surface area contributed by atoms with Crippen LogP contribution in [0.3, 0.4) is 0 Å². The highest BCUT2D eigenvalue weighted by Crippen LogP contribution is 2.50. The van der Waals surface area contributed by atoms with Crippen molar-refractivity contribution in [2.45, 2.75) is 76.7 Å². The van der Waals surface area contributed by atoms with Gasteiger partial charge in [-0.2, -0.15) is 0 Å². The summed E-state index contributed by atoms with van der Waals surface area (Å²) >= 11 is 0. The lowest BCUT2D eigenvalue weighted by atomic mass is 9.54. The number of ether oxygens (including phenoxy) is 2. The quantitative estimate of drug-likeness (QED) is 0.863. The second-order valence-electron chi connectivity index (χ2n) is 7.76. The van der Waals surface area contributed by atoms with Gasteiger partial charge in [0.05, 0.1) is 18.8 Å². The summed E-state index contributed by atoms with van der Waals surface area (Å²) in [4.78, 5) is 2.62. The van der Waals surface area contributed by atoms with Gasteiger partial charge >= 0.3 is 0 Å². The van der Waals surface area contributed by atoms with Gasteiger partial charge in [0.2, 0.25) is 0 Å². The molecule has 2 N–H and O–H groups in total. The van der Waals surface area contributed by atoms with Gasteiger partial charge in [0.15, 0.2) is 0 Å². The summed E-state index contributed by atoms with van der Waals surface area (Å²) in [7, 11) is 0. The summed E-state index contributed by atoms with van der Waals surface area (Å²) in [5.74, 6) is 0. The van der Waals surface area contributed by atoms with Crippen LogP contribution in [0.25, 0.3) is 0 Å². The Morgan fingerprint density at radius 3 is 2.76 bits per heavy atom. The Kier molecular flexibility index (Phi) is 4.34. The Hall–Kier alpha value is -0.160. The Balaban J connectivity index is 1.65. The van der Waals surface area contributed by atoms with Gasteiger partial charge in [0.1, 0.15) is 0 Å². The summed E-state index contributed by atoms with van der Waals surface area (Å²) in [6.07, 6.45) is 6.91. The smallest absolute Gasteiger partial charge is 0.0730 e. The molecule has 122 valence electrons. The minimum absolute atomic E-state index is 0.0610. The largest absolute Gasteiger partial charge is 0.378 e. The van der Waals surface area contributed by atoms with E-state index in [1.165, 1.54) is 25.7 Å². The maximum Gasteiger partial charge on any atom is 0.0730 e. The van der Waals surface area contributed by atoms with Crippen LogP contribution in [0.15, 0.2) is 0 Å². The van der Waals surface area contributed by atoms with Crippen LogP contribution >= 0.6 is 0 Å². The number of nitrogens with two attached hydrogens (primary N) is 1. The van der Waals surface area contributed by atoms with Crippen LogP contribution < -0.4 is 5.73 Å². The predicted octanol–water partition coefficient (Wildman–Crippen LogP) is 2.16. The molecule has 0 radical (unpaired) electrons. The van der Waals surface area contributed by atoms with Crippen molar-refractivity contribution < 1.29 is 9.47 Å². The molecule has 3 fully saturated rings. The minimum atomic E-state index is -0.119. The lowest BCUT2D eigenvalue weighted by Gasteiger charge is -2.61. The van der Waals surface area contributed by atoms with Crippen LogP contribution in [0.1, 0.15) is 52.9 Å². The molecule has 2 aliphatic carbocycles. The molecule has 0 spiro atoms. The molecule has 0 aromatic carbocycles. The fourth-order valence-corrected chi connectivity index (χ4v) is 4.51. The highest BCUT2D eigenvalue weighted by molar-refractivity contribution is 5.15. The summed E-state index contributed by atoms with van der Waals surface area (Å²) in [5.41, 5.74) is 6.73. The number of fused-ring (bicyclic) bond motifs is 1. The van der Waals surface area contributed by atoms with Gasteiger partial charge in [-0.3, -0.25) is 4.90 Å². The van der Waals surface area contributed by atoms with Gasteiger partial charge in [0.25, 0.3) is 0 Å². The SMILES string of the molecule is CCOC1CC(N)(CN2CCOC3CCCCC32)C1(C)C. The molecule has 0 amide bonds. The molecule has 4 unspecified atom stereocenters. The molecule has 0 aromatic heterocycles. The second-order valence-corrected chi connectivity index (χ2v) is 7.76. The number of hydrogen-bond acceptors (Lipinski definition) is 4. The summed E-state index contributed by atoms with van der Waals surface area (Å²) < 4.78 is 11.8. The van der Waals surface area contributed by atoms with Crippen molar-refractivity contribution in [1.82, 2.24) is 4.90 Å². The first-order valence-corrected chi connectivity index (χ1v) is 8.74. The minimum Gasteiger partial charge on any atom is -0.378 e. The number of nitrogens with zero attached hydrogens (tertiary/aromatic N) is 1. The maximum atomic E-state index is 6.79. The molecule has 1 saturated heterocycles. The van der Waals surface area contributed by atoms with Gasteiger partial charge in [0, 0.05) is 36.7 Å². The van der Waals surface area contributed by atoms with Crippen molar-refractivity contribution in [3.63, 3.8) is 0 Å². The summed E-state index contributed by atoms with van der Waals surface area (Å²) in [6.45, 7) is 10.3. The fourth-order valence-electron chi connectivity index (χ4n) is 4.51. The molecule has 4 atom stereocenters. The third kappa shape index (κ3) is 2.65. The topological polar surface area (TPSA) is 47.7 Å². The van der Waals surface area contributed by atoms with Crippen LogP contribution in [0.4, 0.5) is 0 Å². The van der Waals surface area contributed by atoms with Crippen molar-refractivity contribution >= 4 is 0 Å². The summed E-state index contributed by atoms with van der Waals surface area (Å²) in [6, 6.07) is 0.592. The van der Waals surface area contributed by atoms with Crippen LogP contribution in [-0.2, 0) is 9.47 Å². The van der Waals surface area contributed by atoms with Gasteiger partial charge < -0.3 is 15.2 Å². The van der Waals surface area contributed by atoms with Crippen molar-refractivity contribution in [1.29, 1.82) is 0 Å². The molecule has 4 nitrogen and oxygen atoms in total. The second kappa shape index (κ2) is 5.80. The van der Waals surface area contributed by atoms with Crippen molar-refractivity contribution in [2.75, 3.05) is 26.3 Å². The Morgan fingerprint density at radius 1 is 1.29 bits per heavy atom. The molecule has 1 aliphatic heterocycles. The van der Waals surface area contributed by atoms with E-state index < -0.39 is 0 Å². The predicted molar refractivity (Wildman–Crippen MR) is 84.3 cm³/mol. The first-order chi connectivity index (χ1) is 9.98. The van der Waals surface area contributed by atoms with E-state index in [9.17, 15) is 0 Å². The first kappa shape index (κ1) is 15.7. The van der Waals surface area contributed by atoms with E-state index in [2.05, 4.69) is 25.7 Å². The average molecular weight is 296 g/mol. The number of hydrogen-bond donors (Lipinski definition) is 1. The van der Waals surface area contributed by atoms with Crippen LogP contribution in [-0.4, -0.2) is 55.0 Å². The Morgan fingerprint density at radius 2 is 2.05 bits per heavy atom. The highest BCUT2D eigenvalue weighted by atomic mass is 16.5. The summed E-state index contributed by atoms with van der Waals surface area (Å²) in [5, 5.41) is 0. The molecule has 21 heavy (non-hydrogen) atoms. The van der Waals surface area contributed by atoms with Crippen LogP contribution in [0.5, 0.6) is 0 Å². The molecule has 3 rings (SSSR count). The van der Waals surface area contributed by atoms with E-state index >= 15 is 0 Å². The Bertz CT molecular complexity index is 372. The molecular formula is C17H32N2O2. The molecule has 2 saturated carbocycles.